The minimum Gasteiger partial charge on any atom is -0.306 e. The van der Waals surface area contributed by atoms with Gasteiger partial charge in [-0.05, 0) is 58.1 Å². The predicted octanol–water partition coefficient (Wildman–Crippen LogP) is 3.30. The van der Waals surface area contributed by atoms with Crippen LogP contribution in [-0.4, -0.2) is 55.9 Å². The normalized spacial score (nSPS) is 17.3. The molecule has 21 heavy (non-hydrogen) atoms. The van der Waals surface area contributed by atoms with E-state index in [4.69, 9.17) is 0 Å². The van der Waals surface area contributed by atoms with Gasteiger partial charge in [-0.1, -0.05) is 28.1 Å². The first-order valence-corrected chi connectivity index (χ1v) is 8.50. The molecule has 0 aliphatic carbocycles. The number of benzene rings is 1. The van der Waals surface area contributed by atoms with Gasteiger partial charge in [0, 0.05) is 29.5 Å². The lowest BCUT2D eigenvalue weighted by Gasteiger charge is -2.31. The van der Waals surface area contributed by atoms with Crippen molar-refractivity contribution in [1.82, 2.24) is 9.80 Å². The molecule has 0 amide bonds. The van der Waals surface area contributed by atoms with Crippen LogP contribution in [0.3, 0.4) is 0 Å². The van der Waals surface area contributed by atoms with Gasteiger partial charge in [-0.25, -0.2) is 0 Å². The molecule has 1 fully saturated rings. The van der Waals surface area contributed by atoms with Crippen molar-refractivity contribution in [3.8, 4) is 0 Å². The molecule has 1 aromatic carbocycles. The fraction of sp³-hybridized carbons (Fsp3) is 0.588. The van der Waals surface area contributed by atoms with Gasteiger partial charge in [0.15, 0.2) is 5.78 Å². The van der Waals surface area contributed by atoms with E-state index >= 15 is 0 Å². The van der Waals surface area contributed by atoms with Crippen LogP contribution in [0.1, 0.15) is 29.6 Å². The monoisotopic (exact) mass is 352 g/mol. The predicted molar refractivity (Wildman–Crippen MR) is 90.8 cm³/mol. The number of nitrogens with zero attached hydrogens (tertiary/aromatic N) is 2. The summed E-state index contributed by atoms with van der Waals surface area (Å²) in [6.45, 7) is 4.37. The smallest absolute Gasteiger partial charge is 0.164 e. The van der Waals surface area contributed by atoms with E-state index in [2.05, 4.69) is 39.8 Å². The molecule has 116 valence electrons. The van der Waals surface area contributed by atoms with Crippen molar-refractivity contribution < 1.29 is 4.79 Å². The van der Waals surface area contributed by atoms with Crippen molar-refractivity contribution in [2.75, 3.05) is 40.3 Å². The van der Waals surface area contributed by atoms with E-state index in [1.165, 1.54) is 25.9 Å². The molecule has 3 nitrogen and oxygen atoms in total. The highest BCUT2D eigenvalue weighted by molar-refractivity contribution is 9.10. The molecular weight excluding hydrogens is 328 g/mol. The van der Waals surface area contributed by atoms with Crippen LogP contribution in [-0.2, 0) is 0 Å². The molecule has 1 saturated heterocycles. The van der Waals surface area contributed by atoms with Crippen LogP contribution in [0.5, 0.6) is 0 Å². The van der Waals surface area contributed by atoms with Crippen LogP contribution in [0.4, 0.5) is 0 Å². The van der Waals surface area contributed by atoms with Crippen LogP contribution in [0.25, 0.3) is 0 Å². The molecule has 0 aromatic heterocycles. The SMILES string of the molecule is CN1CCC(CN(C)CCC(=O)c2ccc(Br)cc2)CC1. The molecule has 2 rings (SSSR count). The largest absolute Gasteiger partial charge is 0.306 e. The third-order valence-corrected chi connectivity index (χ3v) is 4.82. The Bertz CT molecular complexity index is 452. The number of carbonyl (C=O) groups is 1. The van der Waals surface area contributed by atoms with E-state index < -0.39 is 0 Å². The topological polar surface area (TPSA) is 23.6 Å². The zero-order valence-corrected chi connectivity index (χ0v) is 14.6. The Hall–Kier alpha value is -0.710. The summed E-state index contributed by atoms with van der Waals surface area (Å²) in [5.74, 6) is 1.02. The second kappa shape index (κ2) is 8.06. The molecule has 0 bridgehead atoms. The van der Waals surface area contributed by atoms with E-state index in [0.29, 0.717) is 6.42 Å². The standard InChI is InChI=1S/C17H25BrN2O/c1-19-10-7-14(8-11-19)13-20(2)12-9-17(21)15-3-5-16(18)6-4-15/h3-6,14H,7-13H2,1-2H3. The van der Waals surface area contributed by atoms with Gasteiger partial charge in [-0.2, -0.15) is 0 Å². The molecule has 1 aliphatic rings. The maximum atomic E-state index is 12.1. The van der Waals surface area contributed by atoms with Gasteiger partial charge in [-0.15, -0.1) is 0 Å². The average Bonchev–Trinajstić information content (AvgIpc) is 2.48. The summed E-state index contributed by atoms with van der Waals surface area (Å²) in [5.41, 5.74) is 0.811. The minimum absolute atomic E-state index is 0.234. The molecule has 0 radical (unpaired) electrons. The molecule has 0 saturated carbocycles. The van der Waals surface area contributed by atoms with Crippen molar-refractivity contribution >= 4 is 21.7 Å². The summed E-state index contributed by atoms with van der Waals surface area (Å²) in [6, 6.07) is 7.64. The maximum Gasteiger partial charge on any atom is 0.164 e. The average molecular weight is 353 g/mol. The molecule has 1 heterocycles. The first-order valence-electron chi connectivity index (χ1n) is 7.70. The number of piperidine rings is 1. The summed E-state index contributed by atoms with van der Waals surface area (Å²) in [5, 5.41) is 0. The lowest BCUT2D eigenvalue weighted by atomic mass is 9.96. The van der Waals surface area contributed by atoms with Gasteiger partial charge in [0.2, 0.25) is 0 Å². The quantitative estimate of drug-likeness (QED) is 0.734. The number of rotatable bonds is 6. The first kappa shape index (κ1) is 16.7. The van der Waals surface area contributed by atoms with Crippen LogP contribution in [0.15, 0.2) is 28.7 Å². The van der Waals surface area contributed by atoms with Crippen molar-refractivity contribution in [2.45, 2.75) is 19.3 Å². The van der Waals surface area contributed by atoms with E-state index in [9.17, 15) is 4.79 Å². The number of carbonyl (C=O) groups excluding carboxylic acids is 1. The van der Waals surface area contributed by atoms with Gasteiger partial charge < -0.3 is 9.80 Å². The Balaban J connectivity index is 1.72. The molecule has 0 spiro atoms. The summed E-state index contributed by atoms with van der Waals surface area (Å²) in [4.78, 5) is 16.9. The first-order chi connectivity index (χ1) is 10.0. The van der Waals surface area contributed by atoms with E-state index in [0.717, 1.165) is 29.0 Å². The van der Waals surface area contributed by atoms with Crippen LogP contribution < -0.4 is 0 Å². The van der Waals surface area contributed by atoms with Crippen molar-refractivity contribution in [1.29, 1.82) is 0 Å². The molecule has 0 unspecified atom stereocenters. The molecule has 1 aromatic rings. The lowest BCUT2D eigenvalue weighted by Crippen LogP contribution is -2.36. The van der Waals surface area contributed by atoms with E-state index in [1.807, 2.05) is 24.3 Å². The Morgan fingerprint density at radius 2 is 1.90 bits per heavy atom. The van der Waals surface area contributed by atoms with Gasteiger partial charge in [0.05, 0.1) is 0 Å². The van der Waals surface area contributed by atoms with E-state index in [-0.39, 0.29) is 5.78 Å². The highest BCUT2D eigenvalue weighted by atomic mass is 79.9. The number of ketones is 1. The number of Topliss-reactive ketones (excluding diaryl/α,β-unsaturated/α-hetero) is 1. The molecule has 0 atom stereocenters. The number of halogens is 1. The Morgan fingerprint density at radius 3 is 2.52 bits per heavy atom. The van der Waals surface area contributed by atoms with Crippen LogP contribution in [0, 0.1) is 5.92 Å². The summed E-state index contributed by atoms with van der Waals surface area (Å²) >= 11 is 3.39. The van der Waals surface area contributed by atoms with E-state index in [1.54, 1.807) is 0 Å². The number of hydrogen-bond donors (Lipinski definition) is 0. The lowest BCUT2D eigenvalue weighted by molar-refractivity contribution is 0.0961. The second-order valence-corrected chi connectivity index (χ2v) is 7.10. The molecular formula is C17H25BrN2O. The van der Waals surface area contributed by atoms with Crippen molar-refractivity contribution in [2.24, 2.45) is 5.92 Å². The van der Waals surface area contributed by atoms with Crippen molar-refractivity contribution in [3.05, 3.63) is 34.3 Å². The zero-order valence-electron chi connectivity index (χ0n) is 13.0. The van der Waals surface area contributed by atoms with Crippen LogP contribution in [0.2, 0.25) is 0 Å². The maximum absolute atomic E-state index is 12.1. The van der Waals surface area contributed by atoms with Crippen molar-refractivity contribution in [3.63, 3.8) is 0 Å². The molecule has 1 aliphatic heterocycles. The fourth-order valence-corrected chi connectivity index (χ4v) is 3.11. The zero-order chi connectivity index (χ0) is 15.2. The molecule has 0 N–H and O–H groups in total. The van der Waals surface area contributed by atoms with Gasteiger partial charge >= 0.3 is 0 Å². The Labute approximate surface area is 136 Å². The van der Waals surface area contributed by atoms with Gasteiger partial charge in [0.1, 0.15) is 0 Å². The Morgan fingerprint density at radius 1 is 1.29 bits per heavy atom. The Kier molecular flexibility index (Phi) is 6.40. The number of hydrogen-bond acceptors (Lipinski definition) is 3. The summed E-state index contributed by atoms with van der Waals surface area (Å²) in [7, 11) is 4.32. The summed E-state index contributed by atoms with van der Waals surface area (Å²) in [6.07, 6.45) is 3.16. The minimum atomic E-state index is 0.234. The molecule has 4 heteroatoms. The van der Waals surface area contributed by atoms with Crippen LogP contribution >= 0.6 is 15.9 Å². The highest BCUT2D eigenvalue weighted by Gasteiger charge is 2.18. The third-order valence-electron chi connectivity index (χ3n) is 4.29. The summed E-state index contributed by atoms with van der Waals surface area (Å²) < 4.78 is 1.01. The third kappa shape index (κ3) is 5.53. The number of likely N-dealkylation sites (tertiary alicyclic amines) is 1. The second-order valence-electron chi connectivity index (χ2n) is 6.19. The highest BCUT2D eigenvalue weighted by Crippen LogP contribution is 2.17. The fourth-order valence-electron chi connectivity index (χ4n) is 2.85. The van der Waals surface area contributed by atoms with Gasteiger partial charge in [0.25, 0.3) is 0 Å². The van der Waals surface area contributed by atoms with Gasteiger partial charge in [-0.3, -0.25) is 4.79 Å².